The van der Waals surface area contributed by atoms with Crippen molar-refractivity contribution in [3.8, 4) is 0 Å². The van der Waals surface area contributed by atoms with Gasteiger partial charge < -0.3 is 20.6 Å². The van der Waals surface area contributed by atoms with Gasteiger partial charge in [-0.3, -0.25) is 4.79 Å². The molecule has 4 unspecified atom stereocenters. The largest absolute Gasteiger partial charge is 0.396 e. The SMILES string of the molecule is CCNC(=O)CCCC=CCC(C(C)O)C(C=CC(O)CCc1ccccc1)CO. The molecule has 0 fully saturated rings. The van der Waals surface area contributed by atoms with E-state index in [1.54, 1.807) is 13.0 Å². The van der Waals surface area contributed by atoms with E-state index in [0.717, 1.165) is 19.3 Å². The number of aliphatic hydroxyl groups excluding tert-OH is 3. The van der Waals surface area contributed by atoms with Crippen molar-refractivity contribution in [3.05, 3.63) is 60.2 Å². The molecule has 5 heteroatoms. The van der Waals surface area contributed by atoms with Crippen molar-refractivity contribution in [2.24, 2.45) is 11.8 Å². The Hall–Kier alpha value is -1.95. The summed E-state index contributed by atoms with van der Waals surface area (Å²) >= 11 is 0. The van der Waals surface area contributed by atoms with Gasteiger partial charge in [0.25, 0.3) is 0 Å². The monoisotopic (exact) mass is 417 g/mol. The highest BCUT2D eigenvalue weighted by Gasteiger charge is 2.22. The Morgan fingerprint density at radius 2 is 1.87 bits per heavy atom. The van der Waals surface area contributed by atoms with Gasteiger partial charge in [0.2, 0.25) is 5.91 Å². The lowest BCUT2D eigenvalue weighted by molar-refractivity contribution is -0.121. The van der Waals surface area contributed by atoms with Gasteiger partial charge in [-0.05, 0) is 57.4 Å². The number of rotatable bonds is 15. The quantitative estimate of drug-likeness (QED) is 0.260. The molecule has 1 amide bonds. The Kier molecular flexibility index (Phi) is 13.8. The van der Waals surface area contributed by atoms with Gasteiger partial charge >= 0.3 is 0 Å². The molecule has 1 aromatic rings. The number of benzene rings is 1. The second-order valence-electron chi connectivity index (χ2n) is 7.78. The summed E-state index contributed by atoms with van der Waals surface area (Å²) in [5.74, 6) is -0.285. The van der Waals surface area contributed by atoms with Crippen LogP contribution in [0.4, 0.5) is 0 Å². The lowest BCUT2D eigenvalue weighted by Crippen LogP contribution is -2.27. The summed E-state index contributed by atoms with van der Waals surface area (Å²) in [6.45, 7) is 4.21. The van der Waals surface area contributed by atoms with E-state index in [-0.39, 0.29) is 24.3 Å². The van der Waals surface area contributed by atoms with Crippen LogP contribution in [0.2, 0.25) is 0 Å². The molecular weight excluding hydrogens is 378 g/mol. The number of aryl methyl sites for hydroxylation is 1. The van der Waals surface area contributed by atoms with Crippen LogP contribution in [0.1, 0.15) is 51.5 Å². The molecule has 168 valence electrons. The highest BCUT2D eigenvalue weighted by atomic mass is 16.3. The van der Waals surface area contributed by atoms with Gasteiger partial charge in [-0.15, -0.1) is 0 Å². The van der Waals surface area contributed by atoms with Crippen LogP contribution in [0, 0.1) is 11.8 Å². The van der Waals surface area contributed by atoms with Crippen LogP contribution in [-0.4, -0.2) is 46.6 Å². The average molecular weight is 418 g/mol. The van der Waals surface area contributed by atoms with Gasteiger partial charge in [0.1, 0.15) is 0 Å². The first kappa shape index (κ1) is 26.1. The summed E-state index contributed by atoms with van der Waals surface area (Å²) in [7, 11) is 0. The van der Waals surface area contributed by atoms with Crippen molar-refractivity contribution in [1.29, 1.82) is 0 Å². The van der Waals surface area contributed by atoms with Crippen LogP contribution in [-0.2, 0) is 11.2 Å². The molecule has 0 saturated heterocycles. The van der Waals surface area contributed by atoms with E-state index in [0.29, 0.717) is 25.8 Å². The predicted octanol–water partition coefficient (Wildman–Crippen LogP) is 3.39. The highest BCUT2D eigenvalue weighted by Crippen LogP contribution is 2.23. The zero-order valence-corrected chi connectivity index (χ0v) is 18.4. The molecule has 0 aliphatic carbocycles. The number of unbranched alkanes of at least 4 members (excludes halogenated alkanes) is 1. The maximum absolute atomic E-state index is 11.4. The first-order valence-electron chi connectivity index (χ1n) is 11.1. The molecule has 30 heavy (non-hydrogen) atoms. The van der Waals surface area contributed by atoms with Crippen molar-refractivity contribution in [1.82, 2.24) is 5.32 Å². The molecule has 0 aliphatic heterocycles. The third kappa shape index (κ3) is 11.3. The number of hydrogen-bond acceptors (Lipinski definition) is 4. The Morgan fingerprint density at radius 3 is 2.50 bits per heavy atom. The lowest BCUT2D eigenvalue weighted by Gasteiger charge is -2.25. The number of carbonyl (C=O) groups is 1. The molecule has 0 saturated carbocycles. The molecule has 0 heterocycles. The first-order valence-corrected chi connectivity index (χ1v) is 11.1. The van der Waals surface area contributed by atoms with Crippen molar-refractivity contribution in [3.63, 3.8) is 0 Å². The molecule has 0 bridgehead atoms. The van der Waals surface area contributed by atoms with E-state index >= 15 is 0 Å². The molecule has 1 rings (SSSR count). The zero-order chi connectivity index (χ0) is 22.2. The summed E-state index contributed by atoms with van der Waals surface area (Å²) in [5.41, 5.74) is 1.18. The fourth-order valence-electron chi connectivity index (χ4n) is 3.43. The molecule has 0 radical (unpaired) electrons. The summed E-state index contributed by atoms with van der Waals surface area (Å²) in [5, 5.41) is 33.0. The normalized spacial score (nSPS) is 15.9. The maximum atomic E-state index is 11.4. The lowest BCUT2D eigenvalue weighted by atomic mass is 9.85. The maximum Gasteiger partial charge on any atom is 0.219 e. The number of nitrogens with one attached hydrogen (secondary N) is 1. The number of allylic oxidation sites excluding steroid dienone is 2. The van der Waals surface area contributed by atoms with Gasteiger partial charge in [0.15, 0.2) is 0 Å². The summed E-state index contributed by atoms with van der Waals surface area (Å²) in [6.07, 6.45) is 10.6. The summed E-state index contributed by atoms with van der Waals surface area (Å²) in [6, 6.07) is 10.0. The van der Waals surface area contributed by atoms with Crippen molar-refractivity contribution >= 4 is 5.91 Å². The van der Waals surface area contributed by atoms with Gasteiger partial charge in [-0.2, -0.15) is 0 Å². The van der Waals surface area contributed by atoms with Crippen molar-refractivity contribution < 1.29 is 20.1 Å². The van der Waals surface area contributed by atoms with Crippen LogP contribution in [0.5, 0.6) is 0 Å². The minimum absolute atomic E-state index is 0.0732. The topological polar surface area (TPSA) is 89.8 Å². The van der Waals surface area contributed by atoms with E-state index in [1.165, 1.54) is 5.56 Å². The highest BCUT2D eigenvalue weighted by molar-refractivity contribution is 5.75. The number of hydrogen-bond donors (Lipinski definition) is 4. The molecule has 4 N–H and O–H groups in total. The summed E-state index contributed by atoms with van der Waals surface area (Å²) in [4.78, 5) is 11.4. The summed E-state index contributed by atoms with van der Waals surface area (Å²) < 4.78 is 0. The number of carbonyl (C=O) groups excluding carboxylic acids is 1. The molecule has 0 spiro atoms. The molecular formula is C25H39NO4. The molecule has 4 atom stereocenters. The molecule has 0 aliphatic rings. The Morgan fingerprint density at radius 1 is 1.13 bits per heavy atom. The van der Waals surface area contributed by atoms with E-state index in [9.17, 15) is 20.1 Å². The fourth-order valence-corrected chi connectivity index (χ4v) is 3.43. The first-order chi connectivity index (χ1) is 14.5. The Balaban J connectivity index is 2.47. The van der Waals surface area contributed by atoms with E-state index < -0.39 is 12.2 Å². The number of aliphatic hydroxyl groups is 3. The smallest absolute Gasteiger partial charge is 0.219 e. The standard InChI is InChI=1S/C25H39NO4/c1-3-26-25(30)14-10-5-4-9-13-24(20(2)28)22(19-27)16-18-23(29)17-15-21-11-7-6-8-12-21/h4,6-9,11-12,16,18,20,22-24,27-29H,3,5,10,13-15,17,19H2,1-2H3,(H,26,30). The van der Waals surface area contributed by atoms with Crippen LogP contribution < -0.4 is 5.32 Å². The minimum Gasteiger partial charge on any atom is -0.396 e. The second kappa shape index (κ2) is 15.8. The van der Waals surface area contributed by atoms with Crippen LogP contribution in [0.3, 0.4) is 0 Å². The van der Waals surface area contributed by atoms with Crippen molar-refractivity contribution in [2.75, 3.05) is 13.2 Å². The van der Waals surface area contributed by atoms with Gasteiger partial charge in [-0.1, -0.05) is 54.6 Å². The Labute approximate surface area is 181 Å². The number of amides is 1. The fraction of sp³-hybridized carbons (Fsp3) is 0.560. The molecule has 1 aromatic carbocycles. The van der Waals surface area contributed by atoms with E-state index in [2.05, 4.69) is 5.32 Å². The third-order valence-corrected chi connectivity index (χ3v) is 5.26. The van der Waals surface area contributed by atoms with Crippen LogP contribution in [0.15, 0.2) is 54.6 Å². The minimum atomic E-state index is -0.585. The Bertz CT molecular complexity index is 627. The molecule has 0 aromatic heterocycles. The molecule has 5 nitrogen and oxygen atoms in total. The van der Waals surface area contributed by atoms with Crippen LogP contribution >= 0.6 is 0 Å². The van der Waals surface area contributed by atoms with Gasteiger partial charge in [0.05, 0.1) is 12.2 Å². The average Bonchev–Trinajstić information content (AvgIpc) is 2.74. The van der Waals surface area contributed by atoms with Gasteiger partial charge in [0, 0.05) is 25.5 Å². The van der Waals surface area contributed by atoms with E-state index in [1.807, 2.05) is 55.5 Å². The third-order valence-electron chi connectivity index (χ3n) is 5.26. The zero-order valence-electron chi connectivity index (χ0n) is 18.4. The van der Waals surface area contributed by atoms with Crippen LogP contribution in [0.25, 0.3) is 0 Å². The van der Waals surface area contributed by atoms with Gasteiger partial charge in [-0.25, -0.2) is 0 Å². The van der Waals surface area contributed by atoms with E-state index in [4.69, 9.17) is 0 Å². The second-order valence-corrected chi connectivity index (χ2v) is 7.78. The predicted molar refractivity (Wildman–Crippen MR) is 122 cm³/mol. The van der Waals surface area contributed by atoms with Crippen molar-refractivity contribution in [2.45, 2.75) is 64.6 Å².